The fourth-order valence-electron chi connectivity index (χ4n) is 1.30. The zero-order chi connectivity index (χ0) is 9.56. The molecule has 0 aromatic rings. The van der Waals surface area contributed by atoms with Gasteiger partial charge in [0.25, 0.3) is 0 Å². The first-order valence-corrected chi connectivity index (χ1v) is 4.42. The summed E-state index contributed by atoms with van der Waals surface area (Å²) in [6.07, 6.45) is 1.27. The molecular weight excluding hydrogens is 156 g/mol. The van der Waals surface area contributed by atoms with Crippen molar-refractivity contribution in [1.29, 1.82) is 0 Å². The van der Waals surface area contributed by atoms with Gasteiger partial charge in [0.2, 0.25) is 0 Å². The minimum Gasteiger partial charge on any atom is -0.396 e. The van der Waals surface area contributed by atoms with Crippen molar-refractivity contribution < 1.29 is 15.0 Å². The van der Waals surface area contributed by atoms with Gasteiger partial charge in [0.15, 0.2) is 0 Å². The molecule has 0 aliphatic rings. The average molecular weight is 174 g/mol. The number of aliphatic hydroxyl groups excluding tert-OH is 2. The van der Waals surface area contributed by atoms with E-state index in [2.05, 4.69) is 0 Å². The van der Waals surface area contributed by atoms with Crippen LogP contribution in [0, 0.1) is 5.92 Å². The van der Waals surface area contributed by atoms with Gasteiger partial charge in [-0.3, -0.25) is 4.79 Å². The number of hydrogen-bond donors (Lipinski definition) is 2. The molecule has 0 saturated heterocycles. The van der Waals surface area contributed by atoms with Gasteiger partial charge in [-0.15, -0.1) is 0 Å². The first-order valence-electron chi connectivity index (χ1n) is 4.42. The van der Waals surface area contributed by atoms with Crippen molar-refractivity contribution in [1.82, 2.24) is 0 Å². The van der Waals surface area contributed by atoms with Crippen molar-refractivity contribution in [2.45, 2.75) is 39.2 Å². The normalized spacial score (nSPS) is 15.7. The number of aliphatic hydroxyl groups is 2. The van der Waals surface area contributed by atoms with E-state index in [9.17, 15) is 9.90 Å². The highest BCUT2D eigenvalue weighted by atomic mass is 16.3. The van der Waals surface area contributed by atoms with Crippen molar-refractivity contribution in [2.24, 2.45) is 5.92 Å². The monoisotopic (exact) mass is 174 g/mol. The quantitative estimate of drug-likeness (QED) is 0.624. The van der Waals surface area contributed by atoms with Crippen LogP contribution in [0.1, 0.15) is 33.1 Å². The fraction of sp³-hybridized carbons (Fsp3) is 0.889. The van der Waals surface area contributed by atoms with Crippen LogP contribution in [-0.4, -0.2) is 28.7 Å². The molecule has 0 spiro atoms. The molecule has 0 aliphatic heterocycles. The molecule has 2 unspecified atom stereocenters. The molecule has 0 heterocycles. The maximum atomic E-state index is 11.0. The Morgan fingerprint density at radius 1 is 1.42 bits per heavy atom. The molecule has 3 heteroatoms. The van der Waals surface area contributed by atoms with Gasteiger partial charge in [-0.1, -0.05) is 13.3 Å². The second kappa shape index (κ2) is 6.14. The molecule has 0 saturated carbocycles. The summed E-state index contributed by atoms with van der Waals surface area (Å²) in [4.78, 5) is 11.0. The second-order valence-corrected chi connectivity index (χ2v) is 3.09. The Kier molecular flexibility index (Phi) is 5.93. The van der Waals surface area contributed by atoms with Crippen LogP contribution in [0.3, 0.4) is 0 Å². The molecule has 0 fully saturated rings. The number of carbonyl (C=O) groups is 1. The Balaban J connectivity index is 3.99. The van der Waals surface area contributed by atoms with Gasteiger partial charge in [0, 0.05) is 12.5 Å². The molecule has 0 amide bonds. The number of carbonyl (C=O) groups excluding carboxylic acids is 1. The van der Waals surface area contributed by atoms with Crippen LogP contribution < -0.4 is 0 Å². The number of ketones is 1. The van der Waals surface area contributed by atoms with Gasteiger partial charge in [-0.05, 0) is 19.8 Å². The molecule has 0 radical (unpaired) electrons. The predicted octanol–water partition coefficient (Wildman–Crippen LogP) is 0.735. The van der Waals surface area contributed by atoms with Crippen molar-refractivity contribution >= 4 is 5.78 Å². The summed E-state index contributed by atoms with van der Waals surface area (Å²) in [5, 5.41) is 18.1. The molecule has 2 atom stereocenters. The maximum Gasteiger partial charge on any atom is 0.135 e. The first kappa shape index (κ1) is 11.6. The molecule has 0 aromatic carbocycles. The van der Waals surface area contributed by atoms with E-state index in [0.717, 1.165) is 6.42 Å². The Morgan fingerprint density at radius 3 is 2.33 bits per heavy atom. The lowest BCUT2D eigenvalue weighted by Gasteiger charge is -2.18. The van der Waals surface area contributed by atoms with E-state index in [1.54, 1.807) is 0 Å². The summed E-state index contributed by atoms with van der Waals surface area (Å²) in [6, 6.07) is 0. The molecule has 2 N–H and O–H groups in total. The largest absolute Gasteiger partial charge is 0.396 e. The van der Waals surface area contributed by atoms with Gasteiger partial charge in [0.05, 0.1) is 6.10 Å². The van der Waals surface area contributed by atoms with Crippen molar-refractivity contribution in [3.8, 4) is 0 Å². The molecule has 0 rings (SSSR count). The number of hydrogen-bond acceptors (Lipinski definition) is 3. The smallest absolute Gasteiger partial charge is 0.135 e. The minimum atomic E-state index is -0.584. The zero-order valence-electron chi connectivity index (χ0n) is 7.79. The van der Waals surface area contributed by atoms with Crippen molar-refractivity contribution in [2.75, 3.05) is 6.61 Å². The van der Waals surface area contributed by atoms with Crippen LogP contribution in [0.15, 0.2) is 0 Å². The van der Waals surface area contributed by atoms with Crippen LogP contribution in [0.5, 0.6) is 0 Å². The predicted molar refractivity (Wildman–Crippen MR) is 46.8 cm³/mol. The summed E-state index contributed by atoms with van der Waals surface area (Å²) in [6.45, 7) is 3.38. The molecule has 0 bridgehead atoms. The number of Topliss-reactive ketones (excluding diaryl/α,β-unsaturated/α-hetero) is 1. The Hall–Kier alpha value is -0.410. The van der Waals surface area contributed by atoms with E-state index >= 15 is 0 Å². The van der Waals surface area contributed by atoms with E-state index in [4.69, 9.17) is 5.11 Å². The SMILES string of the molecule is CCCC(O)C(CCO)C(C)=O. The summed E-state index contributed by atoms with van der Waals surface area (Å²) < 4.78 is 0. The van der Waals surface area contributed by atoms with Crippen molar-refractivity contribution in [3.63, 3.8) is 0 Å². The second-order valence-electron chi connectivity index (χ2n) is 3.09. The van der Waals surface area contributed by atoms with Gasteiger partial charge in [0.1, 0.15) is 5.78 Å². The van der Waals surface area contributed by atoms with E-state index in [0.29, 0.717) is 12.8 Å². The fourth-order valence-corrected chi connectivity index (χ4v) is 1.30. The van der Waals surface area contributed by atoms with Gasteiger partial charge < -0.3 is 10.2 Å². The van der Waals surface area contributed by atoms with E-state index in [1.807, 2.05) is 6.92 Å². The standard InChI is InChI=1S/C9H18O3/c1-3-4-9(12)8(5-6-10)7(2)11/h8-10,12H,3-6H2,1-2H3. The third-order valence-electron chi connectivity index (χ3n) is 2.01. The lowest BCUT2D eigenvalue weighted by Crippen LogP contribution is -2.27. The highest BCUT2D eigenvalue weighted by Gasteiger charge is 2.21. The minimum absolute atomic E-state index is 0.0367. The third kappa shape index (κ3) is 3.83. The van der Waals surface area contributed by atoms with Gasteiger partial charge >= 0.3 is 0 Å². The molecule has 0 aliphatic carbocycles. The summed E-state index contributed by atoms with van der Waals surface area (Å²) in [7, 11) is 0. The third-order valence-corrected chi connectivity index (χ3v) is 2.01. The van der Waals surface area contributed by atoms with Crippen LogP contribution >= 0.6 is 0 Å². The average Bonchev–Trinajstić information content (AvgIpc) is 1.99. The summed E-state index contributed by atoms with van der Waals surface area (Å²) in [5.74, 6) is -0.417. The lowest BCUT2D eigenvalue weighted by molar-refractivity contribution is -0.125. The first-order chi connectivity index (χ1) is 5.63. The van der Waals surface area contributed by atoms with E-state index < -0.39 is 6.10 Å². The zero-order valence-corrected chi connectivity index (χ0v) is 7.79. The molecular formula is C9H18O3. The highest BCUT2D eigenvalue weighted by molar-refractivity contribution is 5.78. The van der Waals surface area contributed by atoms with Gasteiger partial charge in [-0.2, -0.15) is 0 Å². The Morgan fingerprint density at radius 2 is 2.00 bits per heavy atom. The highest BCUT2D eigenvalue weighted by Crippen LogP contribution is 2.14. The van der Waals surface area contributed by atoms with Crippen LogP contribution in [0.2, 0.25) is 0 Å². The maximum absolute atomic E-state index is 11.0. The molecule has 0 aromatic heterocycles. The van der Waals surface area contributed by atoms with Gasteiger partial charge in [-0.25, -0.2) is 0 Å². The molecule has 12 heavy (non-hydrogen) atoms. The van der Waals surface area contributed by atoms with E-state index in [1.165, 1.54) is 6.92 Å². The molecule has 3 nitrogen and oxygen atoms in total. The summed E-state index contributed by atoms with van der Waals surface area (Å²) >= 11 is 0. The Bertz CT molecular complexity index is 134. The number of rotatable bonds is 6. The molecule has 72 valence electrons. The van der Waals surface area contributed by atoms with Crippen LogP contribution in [-0.2, 0) is 4.79 Å². The summed E-state index contributed by atoms with van der Waals surface area (Å²) in [5.41, 5.74) is 0. The van der Waals surface area contributed by atoms with Crippen LogP contribution in [0.25, 0.3) is 0 Å². The topological polar surface area (TPSA) is 57.5 Å². The lowest BCUT2D eigenvalue weighted by atomic mass is 9.92. The Labute approximate surface area is 73.4 Å². The van der Waals surface area contributed by atoms with Crippen LogP contribution in [0.4, 0.5) is 0 Å². The van der Waals surface area contributed by atoms with E-state index in [-0.39, 0.29) is 18.3 Å². The van der Waals surface area contributed by atoms with Crippen molar-refractivity contribution in [3.05, 3.63) is 0 Å².